The van der Waals surface area contributed by atoms with Gasteiger partial charge in [0.1, 0.15) is 0 Å². The molecule has 0 saturated heterocycles. The topological polar surface area (TPSA) is 38.7 Å². The molecule has 0 fully saturated rings. The third kappa shape index (κ3) is 13.4. The zero-order valence-corrected chi connectivity index (χ0v) is 9.36. The van der Waals surface area contributed by atoms with Gasteiger partial charge >= 0.3 is 0 Å². The number of allylic oxidation sites excluding steroid dienone is 2. The highest BCUT2D eigenvalue weighted by molar-refractivity contribution is 4.82. The van der Waals surface area contributed by atoms with E-state index in [9.17, 15) is 0 Å². The molecule has 0 saturated carbocycles. The van der Waals surface area contributed by atoms with Gasteiger partial charge in [-0.15, -0.1) is 6.58 Å². The van der Waals surface area contributed by atoms with Gasteiger partial charge in [0.05, 0.1) is 33.0 Å². The van der Waals surface area contributed by atoms with E-state index >= 15 is 0 Å². The minimum absolute atomic E-state index is 0.0726. The van der Waals surface area contributed by atoms with Crippen LogP contribution in [-0.4, -0.2) is 38.1 Å². The lowest BCUT2D eigenvalue weighted by Crippen LogP contribution is -2.07. The Balaban J connectivity index is 2.99. The summed E-state index contributed by atoms with van der Waals surface area (Å²) in [4.78, 5) is 0. The molecule has 0 radical (unpaired) electrons. The summed E-state index contributed by atoms with van der Waals surface area (Å²) in [7, 11) is 0. The summed E-state index contributed by atoms with van der Waals surface area (Å²) in [6.45, 7) is 5.89. The van der Waals surface area contributed by atoms with Crippen molar-refractivity contribution in [3.63, 3.8) is 0 Å². The molecule has 88 valence electrons. The van der Waals surface area contributed by atoms with Gasteiger partial charge in [-0.25, -0.2) is 0 Å². The number of ether oxygens (including phenoxy) is 2. The van der Waals surface area contributed by atoms with E-state index in [2.05, 4.69) is 12.7 Å². The van der Waals surface area contributed by atoms with Gasteiger partial charge in [-0.05, 0) is 19.3 Å². The predicted octanol–water partition coefficient (Wildman–Crippen LogP) is 1.92. The lowest BCUT2D eigenvalue weighted by Gasteiger charge is -2.01. The molecular weight excluding hydrogens is 192 g/mol. The van der Waals surface area contributed by atoms with Crippen LogP contribution in [0.2, 0.25) is 0 Å². The van der Waals surface area contributed by atoms with Gasteiger partial charge in [-0.3, -0.25) is 0 Å². The average molecular weight is 214 g/mol. The van der Waals surface area contributed by atoms with Crippen LogP contribution >= 0.6 is 0 Å². The molecule has 3 heteroatoms. The largest absolute Gasteiger partial charge is 0.394 e. The van der Waals surface area contributed by atoms with E-state index in [1.54, 1.807) is 0 Å². The van der Waals surface area contributed by atoms with Crippen LogP contribution < -0.4 is 0 Å². The Hall–Kier alpha value is -0.640. The smallest absolute Gasteiger partial charge is 0.0704 e. The molecule has 3 nitrogen and oxygen atoms in total. The number of aliphatic hydroxyl groups is 1. The van der Waals surface area contributed by atoms with Crippen LogP contribution in [0.3, 0.4) is 0 Å². The SMILES string of the molecule is C=CCCCC=CCOCCOCCO. The maximum absolute atomic E-state index is 8.43. The monoisotopic (exact) mass is 214 g/mol. The number of aliphatic hydroxyl groups excluding tert-OH is 1. The molecule has 0 aromatic heterocycles. The van der Waals surface area contributed by atoms with Crippen LogP contribution in [0.4, 0.5) is 0 Å². The van der Waals surface area contributed by atoms with Crippen molar-refractivity contribution in [1.29, 1.82) is 0 Å². The molecule has 0 unspecified atom stereocenters. The van der Waals surface area contributed by atoms with Gasteiger partial charge in [0.15, 0.2) is 0 Å². The van der Waals surface area contributed by atoms with Crippen molar-refractivity contribution in [1.82, 2.24) is 0 Å². The molecule has 0 amide bonds. The summed E-state index contributed by atoms with van der Waals surface area (Å²) in [6.07, 6.45) is 9.38. The minimum Gasteiger partial charge on any atom is -0.394 e. The third-order valence-electron chi connectivity index (χ3n) is 1.77. The second kappa shape index (κ2) is 13.4. The lowest BCUT2D eigenvalue weighted by atomic mass is 10.2. The fraction of sp³-hybridized carbons (Fsp3) is 0.667. The van der Waals surface area contributed by atoms with E-state index in [4.69, 9.17) is 14.6 Å². The molecular formula is C12H22O3. The standard InChI is InChI=1S/C12H22O3/c1-2-3-4-5-6-7-9-14-11-12-15-10-8-13/h2,6-7,13H,1,3-5,8-12H2. The maximum Gasteiger partial charge on any atom is 0.0704 e. The first kappa shape index (κ1) is 14.4. The molecule has 0 spiro atoms. The Morgan fingerprint density at radius 2 is 1.80 bits per heavy atom. The van der Waals surface area contributed by atoms with Crippen molar-refractivity contribution in [2.75, 3.05) is 33.0 Å². The van der Waals surface area contributed by atoms with Crippen molar-refractivity contribution in [2.45, 2.75) is 19.3 Å². The summed E-state index contributed by atoms with van der Waals surface area (Å²) < 4.78 is 10.3. The Kier molecular flexibility index (Phi) is 12.8. The van der Waals surface area contributed by atoms with Crippen LogP contribution in [0.5, 0.6) is 0 Å². The Morgan fingerprint density at radius 3 is 2.53 bits per heavy atom. The Bertz CT molecular complexity index is 155. The van der Waals surface area contributed by atoms with Crippen LogP contribution in [0.1, 0.15) is 19.3 Å². The van der Waals surface area contributed by atoms with E-state index < -0.39 is 0 Å². The normalized spacial score (nSPS) is 11.0. The molecule has 0 aliphatic carbocycles. The Labute approximate surface area is 92.4 Å². The van der Waals surface area contributed by atoms with Crippen molar-refractivity contribution in [3.05, 3.63) is 24.8 Å². The molecule has 0 aliphatic rings. The number of hydrogen-bond acceptors (Lipinski definition) is 3. The van der Waals surface area contributed by atoms with Crippen LogP contribution in [0.15, 0.2) is 24.8 Å². The van der Waals surface area contributed by atoms with Crippen molar-refractivity contribution in [2.24, 2.45) is 0 Å². The van der Waals surface area contributed by atoms with Crippen molar-refractivity contribution >= 4 is 0 Å². The van der Waals surface area contributed by atoms with Crippen LogP contribution in [0, 0.1) is 0 Å². The van der Waals surface area contributed by atoms with Gasteiger partial charge in [0.25, 0.3) is 0 Å². The molecule has 0 aliphatic heterocycles. The second-order valence-electron chi connectivity index (χ2n) is 3.10. The van der Waals surface area contributed by atoms with Crippen LogP contribution in [0.25, 0.3) is 0 Å². The van der Waals surface area contributed by atoms with Gasteiger partial charge in [-0.1, -0.05) is 18.2 Å². The lowest BCUT2D eigenvalue weighted by molar-refractivity contribution is 0.0411. The molecule has 0 aromatic rings. The van der Waals surface area contributed by atoms with Crippen molar-refractivity contribution in [3.8, 4) is 0 Å². The fourth-order valence-electron chi connectivity index (χ4n) is 1.00. The summed E-state index contributed by atoms with van der Waals surface area (Å²) in [5.74, 6) is 0. The van der Waals surface area contributed by atoms with Gasteiger partial charge < -0.3 is 14.6 Å². The molecule has 0 bridgehead atoms. The summed E-state index contributed by atoms with van der Waals surface area (Å²) >= 11 is 0. The third-order valence-corrected chi connectivity index (χ3v) is 1.77. The van der Waals surface area contributed by atoms with E-state index in [0.29, 0.717) is 26.4 Å². The number of rotatable bonds is 11. The predicted molar refractivity (Wildman–Crippen MR) is 61.9 cm³/mol. The highest BCUT2D eigenvalue weighted by atomic mass is 16.5. The van der Waals surface area contributed by atoms with E-state index in [1.165, 1.54) is 0 Å². The minimum atomic E-state index is 0.0726. The van der Waals surface area contributed by atoms with Crippen LogP contribution in [-0.2, 0) is 9.47 Å². The zero-order valence-electron chi connectivity index (χ0n) is 9.36. The summed E-state index contributed by atoms with van der Waals surface area (Å²) in [5.41, 5.74) is 0. The van der Waals surface area contributed by atoms with E-state index in [-0.39, 0.29) is 6.61 Å². The van der Waals surface area contributed by atoms with Crippen molar-refractivity contribution < 1.29 is 14.6 Å². The first-order chi connectivity index (χ1) is 7.41. The number of hydrogen-bond donors (Lipinski definition) is 1. The first-order valence-corrected chi connectivity index (χ1v) is 5.44. The fourth-order valence-corrected chi connectivity index (χ4v) is 1.00. The molecule has 0 aromatic carbocycles. The maximum atomic E-state index is 8.43. The summed E-state index contributed by atoms with van der Waals surface area (Å²) in [6, 6.07) is 0. The van der Waals surface area contributed by atoms with E-state index in [0.717, 1.165) is 19.3 Å². The molecule has 0 rings (SSSR count). The van der Waals surface area contributed by atoms with Gasteiger partial charge in [0, 0.05) is 0 Å². The molecule has 0 heterocycles. The molecule has 0 atom stereocenters. The van der Waals surface area contributed by atoms with Gasteiger partial charge in [-0.2, -0.15) is 0 Å². The quantitative estimate of drug-likeness (QED) is 0.422. The number of unbranched alkanes of at least 4 members (excludes halogenated alkanes) is 2. The first-order valence-electron chi connectivity index (χ1n) is 5.44. The molecule has 15 heavy (non-hydrogen) atoms. The highest BCUT2D eigenvalue weighted by Gasteiger charge is 1.86. The zero-order chi connectivity index (χ0) is 11.2. The summed E-state index contributed by atoms with van der Waals surface area (Å²) in [5, 5.41) is 8.43. The average Bonchev–Trinajstić information content (AvgIpc) is 2.26. The highest BCUT2D eigenvalue weighted by Crippen LogP contribution is 1.96. The second-order valence-corrected chi connectivity index (χ2v) is 3.10. The van der Waals surface area contributed by atoms with E-state index in [1.807, 2.05) is 12.2 Å². The molecule has 1 N–H and O–H groups in total. The Morgan fingerprint density at radius 1 is 1.00 bits per heavy atom. The van der Waals surface area contributed by atoms with Gasteiger partial charge in [0.2, 0.25) is 0 Å².